The zero-order valence-corrected chi connectivity index (χ0v) is 11.1. The molecule has 0 spiro atoms. The second-order valence-electron chi connectivity index (χ2n) is 4.69. The van der Waals surface area contributed by atoms with E-state index in [0.29, 0.717) is 0 Å². The summed E-state index contributed by atoms with van der Waals surface area (Å²) in [5, 5.41) is 0. The van der Waals surface area contributed by atoms with Crippen LogP contribution < -0.4 is 5.73 Å². The normalized spacial score (nSPS) is 15.1. The first-order chi connectivity index (χ1) is 8.49. The van der Waals surface area contributed by atoms with Crippen LogP contribution in [-0.4, -0.2) is 23.9 Å². The standard InChI is InChI=1S/C12H16FN.C2H5NO/c1-10-4-5-12(13)11(8-10)9-14-6-2-3-7-14;1-2(3)4/h4-5,8H,2-3,6-7,9H2,1H3;1H3,(H2,3,4). The van der Waals surface area contributed by atoms with Gasteiger partial charge < -0.3 is 5.73 Å². The van der Waals surface area contributed by atoms with E-state index in [-0.39, 0.29) is 11.7 Å². The number of nitrogens with zero attached hydrogens (tertiary/aromatic N) is 1. The van der Waals surface area contributed by atoms with E-state index in [9.17, 15) is 9.18 Å². The van der Waals surface area contributed by atoms with E-state index >= 15 is 0 Å². The van der Waals surface area contributed by atoms with Crippen molar-refractivity contribution in [3.05, 3.63) is 35.1 Å². The molecule has 3 nitrogen and oxygen atoms in total. The van der Waals surface area contributed by atoms with Crippen molar-refractivity contribution in [3.8, 4) is 0 Å². The zero-order chi connectivity index (χ0) is 13.5. The van der Waals surface area contributed by atoms with Crippen molar-refractivity contribution in [2.75, 3.05) is 13.1 Å². The van der Waals surface area contributed by atoms with Gasteiger partial charge in [-0.1, -0.05) is 17.7 Å². The molecule has 1 aromatic carbocycles. The highest BCUT2D eigenvalue weighted by atomic mass is 19.1. The van der Waals surface area contributed by atoms with Crippen LogP contribution in [0.1, 0.15) is 30.9 Å². The van der Waals surface area contributed by atoms with Crippen LogP contribution in [0.4, 0.5) is 4.39 Å². The van der Waals surface area contributed by atoms with Gasteiger partial charge in [-0.05, 0) is 38.9 Å². The summed E-state index contributed by atoms with van der Waals surface area (Å²) in [6, 6.07) is 5.34. The Morgan fingerprint density at radius 3 is 2.50 bits per heavy atom. The Bertz CT molecular complexity index is 397. The number of rotatable bonds is 2. The molecule has 0 radical (unpaired) electrons. The first-order valence-corrected chi connectivity index (χ1v) is 6.22. The van der Waals surface area contributed by atoms with Gasteiger partial charge in [0.05, 0.1) is 0 Å². The van der Waals surface area contributed by atoms with E-state index in [1.54, 1.807) is 6.07 Å². The number of likely N-dealkylation sites (tertiary alicyclic amines) is 1. The SMILES string of the molecule is CC(N)=O.Cc1ccc(F)c(CN2CCCC2)c1. The molecule has 0 aromatic heterocycles. The van der Waals surface area contributed by atoms with Crippen LogP contribution in [0, 0.1) is 12.7 Å². The minimum Gasteiger partial charge on any atom is -0.370 e. The molecule has 1 heterocycles. The Kier molecular flexibility index (Phi) is 5.78. The lowest BCUT2D eigenvalue weighted by molar-refractivity contribution is -0.115. The van der Waals surface area contributed by atoms with E-state index in [2.05, 4.69) is 10.6 Å². The van der Waals surface area contributed by atoms with Crippen molar-refractivity contribution in [1.29, 1.82) is 0 Å². The van der Waals surface area contributed by atoms with Gasteiger partial charge in [0.1, 0.15) is 5.82 Å². The molecule has 4 heteroatoms. The number of carbonyl (C=O) groups is 1. The molecule has 1 fully saturated rings. The van der Waals surface area contributed by atoms with Gasteiger partial charge in [-0.15, -0.1) is 0 Å². The smallest absolute Gasteiger partial charge is 0.214 e. The fourth-order valence-corrected chi connectivity index (χ4v) is 2.01. The Labute approximate surface area is 108 Å². The predicted molar refractivity (Wildman–Crippen MR) is 70.5 cm³/mol. The van der Waals surface area contributed by atoms with Crippen LogP contribution in [-0.2, 0) is 11.3 Å². The van der Waals surface area contributed by atoms with Gasteiger partial charge in [0, 0.05) is 19.0 Å². The van der Waals surface area contributed by atoms with Crippen LogP contribution in [0.25, 0.3) is 0 Å². The highest BCUT2D eigenvalue weighted by Crippen LogP contribution is 2.16. The number of carbonyl (C=O) groups excluding carboxylic acids is 1. The van der Waals surface area contributed by atoms with Crippen molar-refractivity contribution in [2.45, 2.75) is 33.2 Å². The van der Waals surface area contributed by atoms with E-state index < -0.39 is 0 Å². The maximum atomic E-state index is 13.4. The molecule has 0 saturated carbocycles. The molecule has 2 N–H and O–H groups in total. The van der Waals surface area contributed by atoms with Gasteiger partial charge in [-0.3, -0.25) is 9.69 Å². The molecule has 100 valence electrons. The van der Waals surface area contributed by atoms with Gasteiger partial charge in [-0.25, -0.2) is 4.39 Å². The largest absolute Gasteiger partial charge is 0.370 e. The van der Waals surface area contributed by atoms with Crippen molar-refractivity contribution in [1.82, 2.24) is 4.90 Å². The summed E-state index contributed by atoms with van der Waals surface area (Å²) >= 11 is 0. The Hall–Kier alpha value is -1.42. The van der Waals surface area contributed by atoms with E-state index in [0.717, 1.165) is 30.8 Å². The molecule has 18 heavy (non-hydrogen) atoms. The fourth-order valence-electron chi connectivity index (χ4n) is 2.01. The lowest BCUT2D eigenvalue weighted by Gasteiger charge is -2.15. The zero-order valence-electron chi connectivity index (χ0n) is 11.1. The number of hydrogen-bond donors (Lipinski definition) is 1. The molecule has 0 aliphatic carbocycles. The molecule has 1 saturated heterocycles. The van der Waals surface area contributed by atoms with Gasteiger partial charge in [0.25, 0.3) is 0 Å². The molecule has 2 rings (SSSR count). The summed E-state index contributed by atoms with van der Waals surface area (Å²) in [5.74, 6) is -0.400. The van der Waals surface area contributed by atoms with Crippen LogP contribution in [0.3, 0.4) is 0 Å². The Balaban J connectivity index is 0.000000357. The second-order valence-corrected chi connectivity index (χ2v) is 4.69. The third-order valence-corrected chi connectivity index (χ3v) is 2.79. The summed E-state index contributed by atoms with van der Waals surface area (Å²) in [4.78, 5) is 11.5. The van der Waals surface area contributed by atoms with Crippen LogP contribution in [0.2, 0.25) is 0 Å². The number of aryl methyl sites for hydroxylation is 1. The summed E-state index contributed by atoms with van der Waals surface area (Å²) in [6.45, 7) is 6.32. The van der Waals surface area contributed by atoms with Gasteiger partial charge in [0.2, 0.25) is 5.91 Å². The molecule has 1 aromatic rings. The van der Waals surface area contributed by atoms with Gasteiger partial charge >= 0.3 is 0 Å². The lowest BCUT2D eigenvalue weighted by Crippen LogP contribution is -2.19. The number of nitrogens with two attached hydrogens (primary N) is 1. The summed E-state index contributed by atoms with van der Waals surface area (Å²) in [6.07, 6.45) is 2.51. The summed E-state index contributed by atoms with van der Waals surface area (Å²) in [5.41, 5.74) is 6.45. The number of hydrogen-bond acceptors (Lipinski definition) is 2. The van der Waals surface area contributed by atoms with Crippen LogP contribution >= 0.6 is 0 Å². The average molecular weight is 252 g/mol. The first-order valence-electron chi connectivity index (χ1n) is 6.22. The predicted octanol–water partition coefficient (Wildman–Crippen LogP) is 2.22. The molecule has 0 unspecified atom stereocenters. The van der Waals surface area contributed by atoms with Crippen LogP contribution in [0.5, 0.6) is 0 Å². The maximum absolute atomic E-state index is 13.4. The number of amides is 1. The Morgan fingerprint density at radius 2 is 1.94 bits per heavy atom. The molecular formula is C14H21FN2O. The topological polar surface area (TPSA) is 46.3 Å². The highest BCUT2D eigenvalue weighted by Gasteiger charge is 2.13. The highest BCUT2D eigenvalue weighted by molar-refractivity contribution is 5.70. The van der Waals surface area contributed by atoms with Crippen LogP contribution in [0.15, 0.2) is 18.2 Å². The third-order valence-electron chi connectivity index (χ3n) is 2.79. The molecule has 1 amide bonds. The maximum Gasteiger partial charge on any atom is 0.214 e. The van der Waals surface area contributed by atoms with Crippen molar-refractivity contribution < 1.29 is 9.18 Å². The molecular weight excluding hydrogens is 231 g/mol. The molecule has 1 aliphatic heterocycles. The third kappa shape index (κ3) is 5.27. The molecule has 1 aliphatic rings. The molecule has 0 bridgehead atoms. The molecule has 0 atom stereocenters. The number of primary amides is 1. The number of benzene rings is 1. The van der Waals surface area contributed by atoms with Gasteiger partial charge in [0.15, 0.2) is 0 Å². The van der Waals surface area contributed by atoms with E-state index in [1.807, 2.05) is 19.1 Å². The fraction of sp³-hybridized carbons (Fsp3) is 0.500. The number of halogens is 1. The second kappa shape index (κ2) is 7.11. The van der Waals surface area contributed by atoms with Crippen molar-refractivity contribution >= 4 is 5.91 Å². The van der Waals surface area contributed by atoms with Crippen molar-refractivity contribution in [2.24, 2.45) is 5.73 Å². The Morgan fingerprint density at radius 1 is 1.39 bits per heavy atom. The lowest BCUT2D eigenvalue weighted by atomic mass is 10.1. The van der Waals surface area contributed by atoms with E-state index in [1.165, 1.54) is 19.8 Å². The van der Waals surface area contributed by atoms with Crippen molar-refractivity contribution in [3.63, 3.8) is 0 Å². The minimum atomic E-state index is -0.333. The first kappa shape index (κ1) is 14.6. The average Bonchev–Trinajstić information content (AvgIpc) is 2.75. The monoisotopic (exact) mass is 252 g/mol. The van der Waals surface area contributed by atoms with E-state index in [4.69, 9.17) is 0 Å². The van der Waals surface area contributed by atoms with Gasteiger partial charge in [-0.2, -0.15) is 0 Å². The summed E-state index contributed by atoms with van der Waals surface area (Å²) in [7, 11) is 0. The summed E-state index contributed by atoms with van der Waals surface area (Å²) < 4.78 is 13.4. The quantitative estimate of drug-likeness (QED) is 0.877. The minimum absolute atomic E-state index is 0.0671.